The van der Waals surface area contributed by atoms with Crippen molar-refractivity contribution in [3.8, 4) is 0 Å². The molecular weight excluding hydrogens is 219 g/mol. The van der Waals surface area contributed by atoms with Crippen LogP contribution >= 0.6 is 0 Å². The number of rotatable bonds is 2. The number of nitrogens with zero attached hydrogens (tertiary/aromatic N) is 1. The lowest BCUT2D eigenvalue weighted by Gasteiger charge is -2.13. The zero-order chi connectivity index (χ0) is 11.7. The number of ether oxygens (including phenoxy) is 1. The SMILES string of the molecule is O=c1ccn([C@H]2C[C@@H](F)C(CO)O2)c(=O)[nH]1. The van der Waals surface area contributed by atoms with Crippen LogP contribution in [0.15, 0.2) is 21.9 Å². The van der Waals surface area contributed by atoms with Gasteiger partial charge < -0.3 is 9.84 Å². The molecule has 3 atom stereocenters. The van der Waals surface area contributed by atoms with E-state index in [1.807, 2.05) is 0 Å². The van der Waals surface area contributed by atoms with E-state index in [1.165, 1.54) is 6.20 Å². The summed E-state index contributed by atoms with van der Waals surface area (Å²) in [7, 11) is 0. The number of aliphatic hydroxyl groups excluding tert-OH is 1. The van der Waals surface area contributed by atoms with Gasteiger partial charge in [-0.05, 0) is 0 Å². The molecule has 7 heteroatoms. The van der Waals surface area contributed by atoms with Crippen LogP contribution < -0.4 is 11.2 Å². The molecule has 0 bridgehead atoms. The molecule has 1 fully saturated rings. The normalized spacial score (nSPS) is 29.5. The van der Waals surface area contributed by atoms with E-state index in [4.69, 9.17) is 9.84 Å². The van der Waals surface area contributed by atoms with E-state index in [0.29, 0.717) is 0 Å². The molecule has 2 heterocycles. The molecule has 0 saturated carbocycles. The molecule has 0 amide bonds. The predicted octanol–water partition coefficient (Wildman–Crippen LogP) is -0.845. The first-order valence-electron chi connectivity index (χ1n) is 4.83. The van der Waals surface area contributed by atoms with Gasteiger partial charge in [-0.3, -0.25) is 14.3 Å². The number of aromatic amines is 1. The Balaban J connectivity index is 2.27. The summed E-state index contributed by atoms with van der Waals surface area (Å²) >= 11 is 0. The van der Waals surface area contributed by atoms with Crippen molar-refractivity contribution in [2.45, 2.75) is 24.9 Å². The summed E-state index contributed by atoms with van der Waals surface area (Å²) in [5.74, 6) is 0. The maximum Gasteiger partial charge on any atom is 0.330 e. The zero-order valence-corrected chi connectivity index (χ0v) is 8.30. The highest BCUT2D eigenvalue weighted by Crippen LogP contribution is 2.29. The van der Waals surface area contributed by atoms with Crippen LogP contribution in [0.5, 0.6) is 0 Å². The van der Waals surface area contributed by atoms with E-state index in [-0.39, 0.29) is 6.42 Å². The van der Waals surface area contributed by atoms with Crippen molar-refractivity contribution >= 4 is 0 Å². The summed E-state index contributed by atoms with van der Waals surface area (Å²) in [6.07, 6.45) is -1.77. The lowest BCUT2D eigenvalue weighted by atomic mass is 10.2. The molecule has 2 rings (SSSR count). The fourth-order valence-corrected chi connectivity index (χ4v) is 1.68. The fourth-order valence-electron chi connectivity index (χ4n) is 1.68. The standard InChI is InChI=1S/C9H11FN2O4/c10-5-3-8(16-6(5)4-13)12-2-1-7(14)11-9(12)15/h1-2,5-6,8,13H,3-4H2,(H,11,14,15)/t5-,6?,8-/m1/s1. The Bertz CT molecular complexity index is 483. The van der Waals surface area contributed by atoms with Crippen LogP contribution in [0, 0.1) is 0 Å². The highest BCUT2D eigenvalue weighted by Gasteiger charge is 2.36. The van der Waals surface area contributed by atoms with Crippen LogP contribution in [0.2, 0.25) is 0 Å². The molecule has 6 nitrogen and oxygen atoms in total. The minimum absolute atomic E-state index is 0.0167. The third-order valence-electron chi connectivity index (χ3n) is 2.50. The highest BCUT2D eigenvalue weighted by molar-refractivity contribution is 4.88. The van der Waals surface area contributed by atoms with Gasteiger partial charge in [0.2, 0.25) is 0 Å². The van der Waals surface area contributed by atoms with E-state index >= 15 is 0 Å². The molecule has 1 aromatic heterocycles. The van der Waals surface area contributed by atoms with Crippen molar-refractivity contribution in [2.75, 3.05) is 6.61 Å². The van der Waals surface area contributed by atoms with Crippen LogP contribution in [0.3, 0.4) is 0 Å². The van der Waals surface area contributed by atoms with Gasteiger partial charge in [-0.1, -0.05) is 0 Å². The molecule has 1 aromatic rings. The molecule has 0 aliphatic carbocycles. The van der Waals surface area contributed by atoms with Gasteiger partial charge in [-0.15, -0.1) is 0 Å². The average molecular weight is 230 g/mol. The van der Waals surface area contributed by atoms with Crippen LogP contribution in [0.1, 0.15) is 12.6 Å². The van der Waals surface area contributed by atoms with Gasteiger partial charge in [0.05, 0.1) is 6.61 Å². The minimum Gasteiger partial charge on any atom is -0.394 e. The lowest BCUT2D eigenvalue weighted by molar-refractivity contribution is -0.0356. The smallest absolute Gasteiger partial charge is 0.330 e. The Hall–Kier alpha value is -1.47. The number of hydrogen-bond acceptors (Lipinski definition) is 4. The average Bonchev–Trinajstić information content (AvgIpc) is 2.59. The molecule has 0 radical (unpaired) electrons. The van der Waals surface area contributed by atoms with Crippen LogP contribution in [0.25, 0.3) is 0 Å². The lowest BCUT2D eigenvalue weighted by Crippen LogP contribution is -2.31. The van der Waals surface area contributed by atoms with Gasteiger partial charge in [0.25, 0.3) is 5.56 Å². The van der Waals surface area contributed by atoms with Gasteiger partial charge >= 0.3 is 5.69 Å². The second-order valence-corrected chi connectivity index (χ2v) is 3.58. The first-order valence-corrected chi connectivity index (χ1v) is 4.83. The van der Waals surface area contributed by atoms with Crippen molar-refractivity contribution < 1.29 is 14.2 Å². The first-order chi connectivity index (χ1) is 7.61. The number of hydrogen-bond donors (Lipinski definition) is 2. The third kappa shape index (κ3) is 1.91. The van der Waals surface area contributed by atoms with Crippen molar-refractivity contribution in [1.82, 2.24) is 9.55 Å². The largest absolute Gasteiger partial charge is 0.394 e. The fraction of sp³-hybridized carbons (Fsp3) is 0.556. The number of halogens is 1. The second kappa shape index (κ2) is 4.18. The number of aromatic nitrogens is 2. The molecule has 1 unspecified atom stereocenters. The second-order valence-electron chi connectivity index (χ2n) is 3.58. The van der Waals surface area contributed by atoms with Gasteiger partial charge in [0, 0.05) is 18.7 Å². The van der Waals surface area contributed by atoms with E-state index < -0.39 is 36.4 Å². The quantitative estimate of drug-likeness (QED) is 0.693. The topological polar surface area (TPSA) is 84.3 Å². The maximum atomic E-state index is 13.3. The van der Waals surface area contributed by atoms with Crippen LogP contribution in [-0.4, -0.2) is 33.5 Å². The molecular formula is C9H11FN2O4. The van der Waals surface area contributed by atoms with Gasteiger partial charge in [-0.25, -0.2) is 9.18 Å². The van der Waals surface area contributed by atoms with Gasteiger partial charge in [0.15, 0.2) is 0 Å². The van der Waals surface area contributed by atoms with E-state index in [1.54, 1.807) is 0 Å². The van der Waals surface area contributed by atoms with Crippen LogP contribution in [-0.2, 0) is 4.74 Å². The summed E-state index contributed by atoms with van der Waals surface area (Å²) in [5.41, 5.74) is -1.17. The van der Waals surface area contributed by atoms with Gasteiger partial charge in [-0.2, -0.15) is 0 Å². The Morgan fingerprint density at radius 1 is 1.62 bits per heavy atom. The number of aliphatic hydroxyl groups is 1. The van der Waals surface area contributed by atoms with Crippen LogP contribution in [0.4, 0.5) is 4.39 Å². The molecule has 1 aliphatic heterocycles. The predicted molar refractivity (Wildman–Crippen MR) is 51.8 cm³/mol. The molecule has 16 heavy (non-hydrogen) atoms. The Morgan fingerprint density at radius 3 is 2.94 bits per heavy atom. The van der Waals surface area contributed by atoms with E-state index in [0.717, 1.165) is 10.6 Å². The summed E-state index contributed by atoms with van der Waals surface area (Å²) in [6, 6.07) is 1.16. The number of alkyl halides is 1. The summed E-state index contributed by atoms with van der Waals surface area (Å²) in [4.78, 5) is 24.2. The summed E-state index contributed by atoms with van der Waals surface area (Å²) in [6.45, 7) is -0.435. The summed E-state index contributed by atoms with van der Waals surface area (Å²) in [5, 5.41) is 8.80. The molecule has 0 spiro atoms. The van der Waals surface area contributed by atoms with Crippen molar-refractivity contribution in [3.63, 3.8) is 0 Å². The van der Waals surface area contributed by atoms with E-state index in [9.17, 15) is 14.0 Å². The monoisotopic (exact) mass is 230 g/mol. The Labute approximate surface area is 89.3 Å². The molecule has 2 N–H and O–H groups in total. The van der Waals surface area contributed by atoms with E-state index in [2.05, 4.69) is 4.98 Å². The van der Waals surface area contributed by atoms with Gasteiger partial charge in [0.1, 0.15) is 18.5 Å². The molecule has 1 aliphatic rings. The Morgan fingerprint density at radius 2 is 2.38 bits per heavy atom. The maximum absolute atomic E-state index is 13.3. The molecule has 0 aromatic carbocycles. The number of nitrogens with one attached hydrogen (secondary N) is 1. The third-order valence-corrected chi connectivity index (χ3v) is 2.50. The van der Waals surface area contributed by atoms with Crippen molar-refractivity contribution in [1.29, 1.82) is 0 Å². The molecule has 1 saturated heterocycles. The molecule has 88 valence electrons. The highest BCUT2D eigenvalue weighted by atomic mass is 19.1. The minimum atomic E-state index is -1.31. The number of H-pyrrole nitrogens is 1. The first kappa shape index (κ1) is 11.0. The Kier molecular flexibility index (Phi) is 2.88. The van der Waals surface area contributed by atoms with Crippen molar-refractivity contribution in [2.24, 2.45) is 0 Å². The van der Waals surface area contributed by atoms with Crippen molar-refractivity contribution in [3.05, 3.63) is 33.1 Å². The summed E-state index contributed by atoms with van der Waals surface area (Å²) < 4.78 is 19.5. The zero-order valence-electron chi connectivity index (χ0n) is 8.30.